The summed E-state index contributed by atoms with van der Waals surface area (Å²) in [6.45, 7) is 4.43. The van der Waals surface area contributed by atoms with E-state index in [-0.39, 0.29) is 5.91 Å². The highest BCUT2D eigenvalue weighted by atomic mass is 16.5. The van der Waals surface area contributed by atoms with Crippen LogP contribution >= 0.6 is 0 Å². The molecular formula is C14H16N2O3. The molecule has 0 aliphatic rings. The maximum absolute atomic E-state index is 12.0. The van der Waals surface area contributed by atoms with Crippen molar-refractivity contribution >= 4 is 11.7 Å². The lowest BCUT2D eigenvalue weighted by Gasteiger charge is -2.06. The number of carbonyl (C=O) groups is 1. The van der Waals surface area contributed by atoms with Crippen LogP contribution < -0.4 is 10.1 Å². The van der Waals surface area contributed by atoms with Crippen molar-refractivity contribution in [2.24, 2.45) is 0 Å². The lowest BCUT2D eigenvalue weighted by atomic mass is 10.2. The molecule has 2 rings (SSSR count). The molecule has 1 aromatic heterocycles. The van der Waals surface area contributed by atoms with Gasteiger partial charge in [0, 0.05) is 11.6 Å². The van der Waals surface area contributed by atoms with Crippen LogP contribution in [0.5, 0.6) is 5.75 Å². The fourth-order valence-electron chi connectivity index (χ4n) is 1.56. The van der Waals surface area contributed by atoms with Gasteiger partial charge in [0.15, 0.2) is 5.82 Å². The van der Waals surface area contributed by atoms with E-state index in [1.165, 1.54) is 0 Å². The first-order valence-electron chi connectivity index (χ1n) is 6.16. The van der Waals surface area contributed by atoms with E-state index < -0.39 is 0 Å². The molecule has 0 saturated carbocycles. The first-order chi connectivity index (χ1) is 9.19. The van der Waals surface area contributed by atoms with E-state index in [0.29, 0.717) is 29.5 Å². The summed E-state index contributed by atoms with van der Waals surface area (Å²) in [6, 6.07) is 8.70. The highest BCUT2D eigenvalue weighted by Gasteiger charge is 2.09. The second kappa shape index (κ2) is 6.04. The SMILES string of the molecule is CCCOc1cccc(C(=O)Nc2cc(C)on2)c1. The lowest BCUT2D eigenvalue weighted by Crippen LogP contribution is -2.12. The van der Waals surface area contributed by atoms with Crippen LogP contribution in [0.15, 0.2) is 34.9 Å². The van der Waals surface area contributed by atoms with Crippen LogP contribution in [0.2, 0.25) is 0 Å². The molecule has 5 heteroatoms. The van der Waals surface area contributed by atoms with Crippen molar-refractivity contribution in [1.82, 2.24) is 5.16 Å². The van der Waals surface area contributed by atoms with Crippen LogP contribution in [0.25, 0.3) is 0 Å². The monoisotopic (exact) mass is 260 g/mol. The van der Waals surface area contributed by atoms with Crippen molar-refractivity contribution in [2.45, 2.75) is 20.3 Å². The topological polar surface area (TPSA) is 64.4 Å². The van der Waals surface area contributed by atoms with Gasteiger partial charge in [0.25, 0.3) is 5.91 Å². The number of ether oxygens (including phenoxy) is 1. The molecule has 0 atom stereocenters. The van der Waals surface area contributed by atoms with Gasteiger partial charge in [0.05, 0.1) is 6.61 Å². The van der Waals surface area contributed by atoms with Crippen LogP contribution in [0, 0.1) is 6.92 Å². The van der Waals surface area contributed by atoms with E-state index in [2.05, 4.69) is 10.5 Å². The third-order valence-electron chi connectivity index (χ3n) is 2.44. The Balaban J connectivity index is 2.06. The molecular weight excluding hydrogens is 244 g/mol. The molecule has 1 amide bonds. The first kappa shape index (κ1) is 13.1. The Morgan fingerprint density at radius 3 is 2.95 bits per heavy atom. The van der Waals surface area contributed by atoms with Gasteiger partial charge < -0.3 is 14.6 Å². The van der Waals surface area contributed by atoms with Crippen molar-refractivity contribution in [2.75, 3.05) is 11.9 Å². The highest BCUT2D eigenvalue weighted by Crippen LogP contribution is 2.15. The molecule has 5 nitrogen and oxygen atoms in total. The molecule has 0 unspecified atom stereocenters. The molecule has 0 saturated heterocycles. The number of carbonyl (C=O) groups excluding carboxylic acids is 1. The average Bonchev–Trinajstić information content (AvgIpc) is 2.82. The van der Waals surface area contributed by atoms with Gasteiger partial charge in [-0.2, -0.15) is 0 Å². The fourth-order valence-corrected chi connectivity index (χ4v) is 1.56. The number of anilines is 1. The number of hydrogen-bond acceptors (Lipinski definition) is 4. The van der Waals surface area contributed by atoms with Gasteiger partial charge in [-0.25, -0.2) is 0 Å². The molecule has 100 valence electrons. The van der Waals surface area contributed by atoms with Gasteiger partial charge in [-0.05, 0) is 31.5 Å². The minimum atomic E-state index is -0.241. The summed E-state index contributed by atoms with van der Waals surface area (Å²) in [7, 11) is 0. The average molecular weight is 260 g/mol. The Labute approximate surface area is 111 Å². The maximum atomic E-state index is 12.0. The zero-order chi connectivity index (χ0) is 13.7. The summed E-state index contributed by atoms with van der Waals surface area (Å²) in [5, 5.41) is 6.38. The van der Waals surface area contributed by atoms with Crippen molar-refractivity contribution in [3.05, 3.63) is 41.7 Å². The molecule has 2 aromatic rings. The van der Waals surface area contributed by atoms with Gasteiger partial charge in [-0.1, -0.05) is 18.1 Å². The van der Waals surface area contributed by atoms with Crippen LogP contribution in [-0.2, 0) is 0 Å². The third-order valence-corrected chi connectivity index (χ3v) is 2.44. The van der Waals surface area contributed by atoms with E-state index in [4.69, 9.17) is 9.26 Å². The minimum Gasteiger partial charge on any atom is -0.494 e. The number of amides is 1. The van der Waals surface area contributed by atoms with E-state index in [1.54, 1.807) is 31.2 Å². The molecule has 0 spiro atoms. The van der Waals surface area contributed by atoms with Gasteiger partial charge in [-0.15, -0.1) is 0 Å². The number of nitrogens with zero attached hydrogens (tertiary/aromatic N) is 1. The molecule has 1 N–H and O–H groups in total. The second-order valence-electron chi connectivity index (χ2n) is 4.15. The van der Waals surface area contributed by atoms with Crippen molar-refractivity contribution in [3.63, 3.8) is 0 Å². The Morgan fingerprint density at radius 2 is 2.26 bits per heavy atom. The predicted octanol–water partition coefficient (Wildman–Crippen LogP) is 3.02. The molecule has 1 heterocycles. The fraction of sp³-hybridized carbons (Fsp3) is 0.286. The standard InChI is InChI=1S/C14H16N2O3/c1-3-7-18-12-6-4-5-11(9-12)14(17)15-13-8-10(2)19-16-13/h4-6,8-9H,3,7H2,1-2H3,(H,15,16,17). The van der Waals surface area contributed by atoms with Crippen molar-refractivity contribution < 1.29 is 14.1 Å². The Kier molecular flexibility index (Phi) is 4.18. The van der Waals surface area contributed by atoms with E-state index in [0.717, 1.165) is 6.42 Å². The van der Waals surface area contributed by atoms with E-state index in [9.17, 15) is 4.79 Å². The molecule has 0 aliphatic heterocycles. The molecule has 0 bridgehead atoms. The number of aryl methyl sites for hydroxylation is 1. The zero-order valence-corrected chi connectivity index (χ0v) is 11.0. The quantitative estimate of drug-likeness (QED) is 0.897. The maximum Gasteiger partial charge on any atom is 0.257 e. The Bertz CT molecular complexity index is 563. The van der Waals surface area contributed by atoms with Crippen LogP contribution in [0.4, 0.5) is 5.82 Å². The third kappa shape index (κ3) is 3.58. The molecule has 19 heavy (non-hydrogen) atoms. The second-order valence-corrected chi connectivity index (χ2v) is 4.15. The smallest absolute Gasteiger partial charge is 0.257 e. The normalized spacial score (nSPS) is 10.2. The first-order valence-corrected chi connectivity index (χ1v) is 6.16. The zero-order valence-electron chi connectivity index (χ0n) is 11.0. The van der Waals surface area contributed by atoms with Crippen LogP contribution in [-0.4, -0.2) is 17.7 Å². The number of benzene rings is 1. The predicted molar refractivity (Wildman–Crippen MR) is 71.4 cm³/mol. The van der Waals surface area contributed by atoms with Crippen LogP contribution in [0.1, 0.15) is 29.5 Å². The Hall–Kier alpha value is -2.30. The summed E-state index contributed by atoms with van der Waals surface area (Å²) in [5.74, 6) is 1.50. The van der Waals surface area contributed by atoms with Crippen molar-refractivity contribution in [1.29, 1.82) is 0 Å². The number of rotatable bonds is 5. The summed E-state index contributed by atoms with van der Waals surface area (Å²) >= 11 is 0. The van der Waals surface area contributed by atoms with Gasteiger partial charge >= 0.3 is 0 Å². The molecule has 0 aliphatic carbocycles. The Morgan fingerprint density at radius 1 is 1.42 bits per heavy atom. The highest BCUT2D eigenvalue weighted by molar-refractivity contribution is 6.03. The van der Waals surface area contributed by atoms with E-state index in [1.807, 2.05) is 13.0 Å². The van der Waals surface area contributed by atoms with E-state index >= 15 is 0 Å². The van der Waals surface area contributed by atoms with Crippen LogP contribution in [0.3, 0.4) is 0 Å². The summed E-state index contributed by atoms with van der Waals surface area (Å²) in [6.07, 6.45) is 0.925. The molecule has 0 radical (unpaired) electrons. The van der Waals surface area contributed by atoms with Gasteiger partial charge in [-0.3, -0.25) is 4.79 Å². The number of hydrogen-bond donors (Lipinski definition) is 1. The van der Waals surface area contributed by atoms with Gasteiger partial charge in [0.2, 0.25) is 0 Å². The summed E-state index contributed by atoms with van der Waals surface area (Å²) < 4.78 is 10.4. The molecule has 0 fully saturated rings. The van der Waals surface area contributed by atoms with Gasteiger partial charge in [0.1, 0.15) is 11.5 Å². The minimum absolute atomic E-state index is 0.241. The molecule has 1 aromatic carbocycles. The number of nitrogens with one attached hydrogen (secondary N) is 1. The lowest BCUT2D eigenvalue weighted by molar-refractivity contribution is 0.102. The summed E-state index contributed by atoms with van der Waals surface area (Å²) in [5.41, 5.74) is 0.522. The largest absolute Gasteiger partial charge is 0.494 e. The van der Waals surface area contributed by atoms with Crippen molar-refractivity contribution in [3.8, 4) is 5.75 Å². The summed E-state index contributed by atoms with van der Waals surface area (Å²) in [4.78, 5) is 12.0. The number of aromatic nitrogens is 1.